The molecule has 1 aromatic heterocycles. The van der Waals surface area contributed by atoms with Crippen molar-refractivity contribution >= 4 is 52.9 Å². The van der Waals surface area contributed by atoms with Crippen molar-refractivity contribution in [3.8, 4) is 11.3 Å². The molecule has 2 N–H and O–H groups in total. The predicted molar refractivity (Wildman–Crippen MR) is 138 cm³/mol. The van der Waals surface area contributed by atoms with E-state index in [4.69, 9.17) is 0 Å². The van der Waals surface area contributed by atoms with E-state index in [1.807, 2.05) is 69.5 Å². The number of nitrogens with one attached hydrogen (secondary N) is 2. The van der Waals surface area contributed by atoms with Crippen molar-refractivity contribution < 1.29 is 4.79 Å². The molecular formula is C23H31Cl2N5O2. The fourth-order valence-electron chi connectivity index (χ4n) is 3.43. The summed E-state index contributed by atoms with van der Waals surface area (Å²) in [6.45, 7) is 0.969. The number of amides is 1. The van der Waals surface area contributed by atoms with E-state index >= 15 is 0 Å². The lowest BCUT2D eigenvalue weighted by Crippen LogP contribution is -2.17. The Labute approximate surface area is 201 Å². The highest BCUT2D eigenvalue weighted by molar-refractivity contribution is 5.98. The Morgan fingerprint density at radius 3 is 2.34 bits per heavy atom. The molecule has 0 aliphatic heterocycles. The molecule has 174 valence electrons. The Morgan fingerprint density at radius 1 is 1.00 bits per heavy atom. The van der Waals surface area contributed by atoms with Crippen LogP contribution in [-0.4, -0.2) is 55.7 Å². The first-order valence-electron chi connectivity index (χ1n) is 10.1. The number of nitrogens with zero attached hydrogens (tertiary/aromatic N) is 3. The number of fused-ring (bicyclic) bond motifs is 1. The van der Waals surface area contributed by atoms with Crippen LogP contribution in [0, 0.1) is 0 Å². The second kappa shape index (κ2) is 12.4. The van der Waals surface area contributed by atoms with E-state index in [1.165, 1.54) is 0 Å². The molecule has 0 atom stereocenters. The standard InChI is InChI=1S/C23H29N5O2.2ClH/c1-27(2)14-8-7-11-21(29)24-19-15-16(12-13-20(19)28(3)4)22-17-9-5-6-10-18(17)23(30)26-25-22;;/h5-6,9-10,12-13,15H,7-8,11,14H2,1-4H3,(H,24,29)(H,26,30);2*1H. The smallest absolute Gasteiger partial charge is 0.272 e. The summed E-state index contributed by atoms with van der Waals surface area (Å²) in [6, 6.07) is 13.2. The summed E-state index contributed by atoms with van der Waals surface area (Å²) in [6.07, 6.45) is 2.30. The minimum Gasteiger partial charge on any atom is -0.376 e. The third-order valence-corrected chi connectivity index (χ3v) is 4.98. The Morgan fingerprint density at radius 2 is 1.69 bits per heavy atom. The summed E-state index contributed by atoms with van der Waals surface area (Å²) in [4.78, 5) is 28.7. The van der Waals surface area contributed by atoms with Gasteiger partial charge in [0.05, 0.1) is 22.5 Å². The molecule has 32 heavy (non-hydrogen) atoms. The molecule has 0 saturated heterocycles. The van der Waals surface area contributed by atoms with Crippen molar-refractivity contribution in [1.82, 2.24) is 15.1 Å². The zero-order valence-corrected chi connectivity index (χ0v) is 20.5. The molecule has 7 nitrogen and oxygen atoms in total. The molecule has 9 heteroatoms. The summed E-state index contributed by atoms with van der Waals surface area (Å²) in [5.74, 6) is -0.00621. The Bertz CT molecular complexity index is 1100. The molecule has 2 aromatic carbocycles. The zero-order valence-electron chi connectivity index (χ0n) is 18.8. The number of carbonyl (C=O) groups excluding carboxylic acids is 1. The summed E-state index contributed by atoms with van der Waals surface area (Å²) in [5.41, 5.74) is 2.93. The van der Waals surface area contributed by atoms with Gasteiger partial charge in [0, 0.05) is 31.5 Å². The van der Waals surface area contributed by atoms with Gasteiger partial charge in [-0.1, -0.05) is 24.3 Å². The lowest BCUT2D eigenvalue weighted by Gasteiger charge is -2.19. The first-order chi connectivity index (χ1) is 14.4. The fraction of sp³-hybridized carbons (Fsp3) is 0.348. The van der Waals surface area contributed by atoms with Crippen LogP contribution >= 0.6 is 24.8 Å². The third kappa shape index (κ3) is 6.69. The van der Waals surface area contributed by atoms with Gasteiger partial charge in [-0.3, -0.25) is 9.59 Å². The van der Waals surface area contributed by atoms with Crippen molar-refractivity contribution in [2.45, 2.75) is 19.3 Å². The van der Waals surface area contributed by atoms with Crippen LogP contribution in [0.3, 0.4) is 0 Å². The number of hydrogen-bond acceptors (Lipinski definition) is 5. The number of unbranched alkanes of at least 4 members (excludes halogenated alkanes) is 1. The molecule has 0 radical (unpaired) electrons. The highest BCUT2D eigenvalue weighted by Crippen LogP contribution is 2.32. The monoisotopic (exact) mass is 479 g/mol. The second-order valence-corrected chi connectivity index (χ2v) is 7.88. The van der Waals surface area contributed by atoms with Gasteiger partial charge in [-0.2, -0.15) is 5.10 Å². The lowest BCUT2D eigenvalue weighted by atomic mass is 10.0. The van der Waals surface area contributed by atoms with E-state index in [0.29, 0.717) is 17.5 Å². The SMILES string of the molecule is CN(C)CCCCC(=O)Nc1cc(-c2n[nH]c(=O)c3ccccc23)ccc1N(C)C.Cl.Cl. The molecule has 0 aliphatic rings. The number of anilines is 2. The third-order valence-electron chi connectivity index (χ3n) is 4.98. The average Bonchev–Trinajstić information content (AvgIpc) is 2.71. The topological polar surface area (TPSA) is 81.3 Å². The molecule has 0 bridgehead atoms. The lowest BCUT2D eigenvalue weighted by molar-refractivity contribution is -0.116. The minimum absolute atomic E-state index is 0. The maximum Gasteiger partial charge on any atom is 0.272 e. The first-order valence-corrected chi connectivity index (χ1v) is 10.1. The highest BCUT2D eigenvalue weighted by Gasteiger charge is 2.14. The normalized spacial score (nSPS) is 10.4. The van der Waals surface area contributed by atoms with Gasteiger partial charge in [0.15, 0.2) is 0 Å². The van der Waals surface area contributed by atoms with Gasteiger partial charge in [-0.15, -0.1) is 24.8 Å². The van der Waals surface area contributed by atoms with E-state index in [-0.39, 0.29) is 36.3 Å². The summed E-state index contributed by atoms with van der Waals surface area (Å²) in [5, 5.41) is 11.3. The molecule has 0 saturated carbocycles. The van der Waals surface area contributed by atoms with E-state index in [0.717, 1.165) is 41.7 Å². The molecule has 1 amide bonds. The van der Waals surface area contributed by atoms with Gasteiger partial charge in [0.25, 0.3) is 5.56 Å². The highest BCUT2D eigenvalue weighted by atomic mass is 35.5. The van der Waals surface area contributed by atoms with Crippen LogP contribution in [0.25, 0.3) is 22.0 Å². The molecule has 0 unspecified atom stereocenters. The zero-order chi connectivity index (χ0) is 21.7. The first kappa shape index (κ1) is 27.4. The largest absolute Gasteiger partial charge is 0.376 e. The van der Waals surface area contributed by atoms with E-state index in [1.54, 1.807) is 6.07 Å². The number of H-pyrrole nitrogens is 1. The fourth-order valence-corrected chi connectivity index (χ4v) is 3.43. The molecule has 3 rings (SSSR count). The van der Waals surface area contributed by atoms with Crippen molar-refractivity contribution in [2.75, 3.05) is 45.0 Å². The Kier molecular flexibility index (Phi) is 10.7. The Balaban J connectivity index is 0.00000256. The molecule has 1 heterocycles. The van der Waals surface area contributed by atoms with Crippen LogP contribution in [0.2, 0.25) is 0 Å². The van der Waals surface area contributed by atoms with Crippen LogP contribution in [0.15, 0.2) is 47.3 Å². The maximum absolute atomic E-state index is 12.5. The van der Waals surface area contributed by atoms with Gasteiger partial charge in [0.1, 0.15) is 0 Å². The number of carbonyl (C=O) groups is 1. The van der Waals surface area contributed by atoms with Crippen molar-refractivity contribution in [3.63, 3.8) is 0 Å². The number of halogens is 2. The van der Waals surface area contributed by atoms with Crippen LogP contribution in [0.1, 0.15) is 19.3 Å². The quantitative estimate of drug-likeness (QED) is 0.473. The number of hydrogen-bond donors (Lipinski definition) is 2. The van der Waals surface area contributed by atoms with Crippen LogP contribution in [-0.2, 0) is 4.79 Å². The number of benzene rings is 2. The van der Waals surface area contributed by atoms with Crippen LogP contribution in [0.4, 0.5) is 11.4 Å². The summed E-state index contributed by atoms with van der Waals surface area (Å²) < 4.78 is 0. The van der Waals surface area contributed by atoms with E-state index < -0.39 is 0 Å². The van der Waals surface area contributed by atoms with Gasteiger partial charge in [0.2, 0.25) is 5.91 Å². The molecule has 0 fully saturated rings. The molecule has 0 aliphatic carbocycles. The summed E-state index contributed by atoms with van der Waals surface area (Å²) >= 11 is 0. The van der Waals surface area contributed by atoms with Crippen molar-refractivity contribution in [3.05, 3.63) is 52.8 Å². The molecule has 3 aromatic rings. The van der Waals surface area contributed by atoms with Crippen LogP contribution < -0.4 is 15.8 Å². The minimum atomic E-state index is -0.217. The maximum atomic E-state index is 12.5. The van der Waals surface area contributed by atoms with E-state index in [9.17, 15) is 9.59 Å². The van der Waals surface area contributed by atoms with E-state index in [2.05, 4.69) is 20.4 Å². The number of aromatic nitrogens is 2. The van der Waals surface area contributed by atoms with Gasteiger partial charge in [-0.05, 0) is 51.7 Å². The van der Waals surface area contributed by atoms with Crippen molar-refractivity contribution in [1.29, 1.82) is 0 Å². The van der Waals surface area contributed by atoms with Gasteiger partial charge >= 0.3 is 0 Å². The number of rotatable bonds is 8. The van der Waals surface area contributed by atoms with Gasteiger partial charge < -0.3 is 15.1 Å². The molecule has 0 spiro atoms. The second-order valence-electron chi connectivity index (χ2n) is 7.88. The summed E-state index contributed by atoms with van der Waals surface area (Å²) in [7, 11) is 7.94. The van der Waals surface area contributed by atoms with Crippen LogP contribution in [0.5, 0.6) is 0 Å². The molecular weight excluding hydrogens is 449 g/mol. The predicted octanol–water partition coefficient (Wildman–Crippen LogP) is 4.17. The average molecular weight is 480 g/mol. The van der Waals surface area contributed by atoms with Crippen molar-refractivity contribution in [2.24, 2.45) is 0 Å². The number of aromatic amines is 1. The van der Waals surface area contributed by atoms with Gasteiger partial charge in [-0.25, -0.2) is 5.10 Å². The Hall–Kier alpha value is -2.61.